The number of piperidine rings is 1. The van der Waals surface area contributed by atoms with Crippen LogP contribution >= 0.6 is 0 Å². The van der Waals surface area contributed by atoms with E-state index in [0.717, 1.165) is 68.1 Å². The van der Waals surface area contributed by atoms with Gasteiger partial charge in [-0.2, -0.15) is 5.48 Å². The summed E-state index contributed by atoms with van der Waals surface area (Å²) in [5, 5.41) is 9.07. The number of hydroxylamine groups is 1. The highest BCUT2D eigenvalue weighted by molar-refractivity contribution is 5.80. The zero-order valence-electron chi connectivity index (χ0n) is 21.8. The number of aryl methyl sites for hydroxylation is 1. The summed E-state index contributed by atoms with van der Waals surface area (Å²) in [6.45, 7) is 0.419. The average Bonchev–Trinajstić information content (AvgIpc) is 3.55. The fourth-order valence-corrected chi connectivity index (χ4v) is 7.30. The fourth-order valence-electron chi connectivity index (χ4n) is 7.30. The summed E-state index contributed by atoms with van der Waals surface area (Å²) in [6.07, 6.45) is 3.55. The number of alkyl halides is 4. The number of hydrogen-bond acceptors (Lipinski definition) is 5. The Morgan fingerprint density at radius 1 is 0.974 bits per heavy atom. The summed E-state index contributed by atoms with van der Waals surface area (Å²) in [7, 11) is 0. The molecule has 0 radical (unpaired) electrons. The zero-order valence-corrected chi connectivity index (χ0v) is 21.8. The molecular formula is C28H40F4N4O2. The monoisotopic (exact) mass is 540 g/mol. The molecule has 4 N–H and O–H groups in total. The van der Waals surface area contributed by atoms with Crippen molar-refractivity contribution in [2.24, 2.45) is 11.3 Å². The number of amides is 1. The summed E-state index contributed by atoms with van der Waals surface area (Å²) in [4.78, 5) is 18.8. The predicted molar refractivity (Wildman–Crippen MR) is 135 cm³/mol. The highest BCUT2D eigenvalue weighted by Gasteiger charge is 2.53. The number of hydrogen-bond donors (Lipinski definition) is 4. The Balaban J connectivity index is 1.31. The summed E-state index contributed by atoms with van der Waals surface area (Å²) in [5.74, 6) is -0.552. The number of rotatable bonds is 5. The highest BCUT2D eigenvalue weighted by atomic mass is 19.3. The van der Waals surface area contributed by atoms with Gasteiger partial charge in [0.2, 0.25) is 5.91 Å². The van der Waals surface area contributed by atoms with Crippen LogP contribution in [0.15, 0.2) is 18.2 Å². The Bertz CT molecular complexity index is 955. The first-order valence-electron chi connectivity index (χ1n) is 14.3. The highest BCUT2D eigenvalue weighted by Crippen LogP contribution is 2.48. The molecule has 6 nitrogen and oxygen atoms in total. The number of benzene rings is 1. The van der Waals surface area contributed by atoms with Crippen molar-refractivity contribution in [3.63, 3.8) is 0 Å². The number of fused-ring (bicyclic) bond motifs is 1. The molecule has 2 saturated heterocycles. The summed E-state index contributed by atoms with van der Waals surface area (Å²) in [6, 6.07) is 4.60. The molecule has 10 heteroatoms. The zero-order chi connectivity index (χ0) is 26.7. The van der Waals surface area contributed by atoms with E-state index in [4.69, 9.17) is 4.84 Å². The number of carbonyl (C=O) groups is 1. The van der Waals surface area contributed by atoms with Gasteiger partial charge in [-0.05, 0) is 55.3 Å². The topological polar surface area (TPSA) is 74.4 Å². The molecular weight excluding hydrogens is 500 g/mol. The Kier molecular flexibility index (Phi) is 8.92. The molecule has 4 unspecified atom stereocenters. The van der Waals surface area contributed by atoms with E-state index in [-0.39, 0.29) is 11.9 Å². The minimum absolute atomic E-state index is 0.108. The van der Waals surface area contributed by atoms with Crippen molar-refractivity contribution >= 4 is 5.91 Å². The summed E-state index contributed by atoms with van der Waals surface area (Å²) in [5.41, 5.74) is 4.73. The average molecular weight is 541 g/mol. The van der Waals surface area contributed by atoms with Crippen LogP contribution in [0.4, 0.5) is 17.6 Å². The van der Waals surface area contributed by atoms with Crippen LogP contribution in [0.2, 0.25) is 0 Å². The number of nitrogens with one attached hydrogen (secondary N) is 4. The standard InChI is InChI=1S/C28H40F4N4O2/c29-23(30)22-28(13-6-4-2-1-3-5-7-14-28)20(12-15-33-22)26(37)34-21-11-9-17-16-18(8-10-19(17)21)25-35-27(24(31)32)38-36-25/h8,10,16,20-25,27,33,35-36H,1-7,9,11-15H2,(H,34,37)/t20?,21-,22?,25?,27?/m1/s1. The quantitative estimate of drug-likeness (QED) is 0.384. The maximum Gasteiger partial charge on any atom is 0.279 e. The summed E-state index contributed by atoms with van der Waals surface area (Å²) < 4.78 is 54.7. The maximum absolute atomic E-state index is 14.4. The smallest absolute Gasteiger partial charge is 0.279 e. The molecule has 0 bridgehead atoms. The van der Waals surface area contributed by atoms with Crippen molar-refractivity contribution in [1.82, 2.24) is 21.4 Å². The lowest BCUT2D eigenvalue weighted by molar-refractivity contribution is -0.137. The van der Waals surface area contributed by atoms with Crippen LogP contribution in [0.3, 0.4) is 0 Å². The molecule has 212 valence electrons. The second kappa shape index (κ2) is 12.2. The molecule has 1 spiro atoms. The lowest BCUT2D eigenvalue weighted by Crippen LogP contribution is -2.61. The normalized spacial score (nSPS) is 32.0. The molecule has 2 aliphatic heterocycles. The van der Waals surface area contributed by atoms with Crippen LogP contribution in [0, 0.1) is 11.3 Å². The van der Waals surface area contributed by atoms with E-state index < -0.39 is 42.6 Å². The Labute approximate surface area is 222 Å². The van der Waals surface area contributed by atoms with Crippen molar-refractivity contribution in [1.29, 1.82) is 0 Å². The van der Waals surface area contributed by atoms with Crippen LogP contribution < -0.4 is 21.4 Å². The molecule has 5 rings (SSSR count). The minimum Gasteiger partial charge on any atom is -0.349 e. The molecule has 1 aromatic carbocycles. The first-order valence-corrected chi connectivity index (χ1v) is 14.3. The van der Waals surface area contributed by atoms with Crippen LogP contribution in [-0.4, -0.2) is 37.6 Å². The third-order valence-electron chi connectivity index (χ3n) is 9.23. The third kappa shape index (κ3) is 5.74. The molecule has 1 saturated carbocycles. The van der Waals surface area contributed by atoms with Crippen LogP contribution in [0.5, 0.6) is 0 Å². The number of halogens is 4. The van der Waals surface area contributed by atoms with Gasteiger partial charge in [0.15, 0.2) is 6.23 Å². The van der Waals surface area contributed by atoms with Crippen molar-refractivity contribution < 1.29 is 27.2 Å². The Morgan fingerprint density at radius 2 is 1.68 bits per heavy atom. The SMILES string of the molecule is O=C(N[C@@H]1CCc2cc(C3NOC(C(F)F)N3)ccc21)C1CCNC(C(F)F)C12CCCCCCCCC2. The van der Waals surface area contributed by atoms with E-state index in [1.807, 2.05) is 18.2 Å². The molecule has 1 aromatic rings. The Morgan fingerprint density at radius 3 is 2.34 bits per heavy atom. The van der Waals surface area contributed by atoms with Gasteiger partial charge in [-0.15, -0.1) is 0 Å². The molecule has 0 aromatic heterocycles. The molecule has 2 heterocycles. The Hall–Kier alpha value is -1.75. The molecule has 38 heavy (non-hydrogen) atoms. The molecule has 1 amide bonds. The van der Waals surface area contributed by atoms with Crippen LogP contribution in [-0.2, 0) is 16.1 Å². The second-order valence-corrected chi connectivity index (χ2v) is 11.5. The molecule has 4 aliphatic rings. The predicted octanol–water partition coefficient (Wildman–Crippen LogP) is 5.26. The first kappa shape index (κ1) is 27.8. The van der Waals surface area contributed by atoms with Gasteiger partial charge < -0.3 is 10.6 Å². The van der Waals surface area contributed by atoms with Crippen molar-refractivity contribution in [3.05, 3.63) is 34.9 Å². The van der Waals surface area contributed by atoms with Gasteiger partial charge in [0.25, 0.3) is 12.9 Å². The van der Waals surface area contributed by atoms with E-state index >= 15 is 0 Å². The van der Waals surface area contributed by atoms with E-state index in [2.05, 4.69) is 21.4 Å². The molecule has 3 fully saturated rings. The second-order valence-electron chi connectivity index (χ2n) is 11.5. The van der Waals surface area contributed by atoms with Gasteiger partial charge in [0.05, 0.1) is 12.1 Å². The van der Waals surface area contributed by atoms with Gasteiger partial charge in [0.1, 0.15) is 6.17 Å². The first-order chi connectivity index (χ1) is 18.4. The lowest BCUT2D eigenvalue weighted by atomic mass is 9.60. The number of carbonyl (C=O) groups excluding carboxylic acids is 1. The third-order valence-corrected chi connectivity index (χ3v) is 9.23. The molecule has 2 aliphatic carbocycles. The maximum atomic E-state index is 14.4. The minimum atomic E-state index is -2.64. The van der Waals surface area contributed by atoms with Crippen molar-refractivity contribution in [2.45, 2.75) is 114 Å². The van der Waals surface area contributed by atoms with E-state index in [0.29, 0.717) is 25.8 Å². The van der Waals surface area contributed by atoms with E-state index in [9.17, 15) is 22.4 Å². The van der Waals surface area contributed by atoms with E-state index in [1.54, 1.807) is 0 Å². The lowest BCUT2D eigenvalue weighted by Gasteiger charge is -2.50. The van der Waals surface area contributed by atoms with Gasteiger partial charge in [-0.3, -0.25) is 14.9 Å². The largest absolute Gasteiger partial charge is 0.349 e. The van der Waals surface area contributed by atoms with Gasteiger partial charge >= 0.3 is 0 Å². The van der Waals surface area contributed by atoms with E-state index in [1.165, 1.54) is 6.42 Å². The van der Waals surface area contributed by atoms with Crippen LogP contribution in [0.25, 0.3) is 0 Å². The molecule has 5 atom stereocenters. The summed E-state index contributed by atoms with van der Waals surface area (Å²) >= 11 is 0. The van der Waals surface area contributed by atoms with Crippen LogP contribution in [0.1, 0.15) is 99.5 Å². The van der Waals surface area contributed by atoms with Gasteiger partial charge in [0, 0.05) is 11.3 Å². The van der Waals surface area contributed by atoms with Gasteiger partial charge in [-0.1, -0.05) is 63.1 Å². The van der Waals surface area contributed by atoms with Crippen molar-refractivity contribution in [3.8, 4) is 0 Å². The van der Waals surface area contributed by atoms with Crippen molar-refractivity contribution in [2.75, 3.05) is 6.54 Å². The fraction of sp³-hybridized carbons (Fsp3) is 0.750. The van der Waals surface area contributed by atoms with Gasteiger partial charge in [-0.25, -0.2) is 17.6 Å².